The summed E-state index contributed by atoms with van der Waals surface area (Å²) in [7, 11) is 1.52. The topological polar surface area (TPSA) is 52.6 Å². The van der Waals surface area contributed by atoms with Crippen LogP contribution in [0.2, 0.25) is 5.02 Å². The summed E-state index contributed by atoms with van der Waals surface area (Å²) in [5, 5.41) is 0.368. The number of ether oxygens (including phenoxy) is 2. The van der Waals surface area contributed by atoms with Gasteiger partial charge in [0.15, 0.2) is 23.1 Å². The molecule has 0 spiro atoms. The number of halogens is 1. The number of carbonyl (C=O) groups is 2. The van der Waals surface area contributed by atoms with Crippen molar-refractivity contribution in [2.24, 2.45) is 0 Å². The molecule has 26 heavy (non-hydrogen) atoms. The van der Waals surface area contributed by atoms with Gasteiger partial charge in [0.1, 0.15) is 0 Å². The van der Waals surface area contributed by atoms with Crippen molar-refractivity contribution < 1.29 is 19.1 Å². The maximum atomic E-state index is 12.5. The van der Waals surface area contributed by atoms with Gasteiger partial charge in [-0.05, 0) is 37.1 Å². The van der Waals surface area contributed by atoms with Gasteiger partial charge in [-0.1, -0.05) is 42.8 Å². The fraction of sp³-hybridized carbons (Fsp3) is 0.238. The third-order valence-corrected chi connectivity index (χ3v) is 4.64. The van der Waals surface area contributed by atoms with Gasteiger partial charge < -0.3 is 9.47 Å². The molecule has 1 aliphatic rings. The standard InChI is InChI=1S/C21H19ClO4/c1-4-12(2)26-21-17(22)10-13(11-18(21)25-3)9-16-19(23)14-7-5-6-8-15(14)20(16)24/h5-12H,4H2,1-3H3/t12-/m0/s1. The normalized spacial score (nSPS) is 14.2. The maximum absolute atomic E-state index is 12.5. The van der Waals surface area contributed by atoms with Crippen LogP contribution in [0.1, 0.15) is 46.5 Å². The minimum absolute atomic E-state index is 0.0157. The molecule has 134 valence electrons. The van der Waals surface area contributed by atoms with Crippen LogP contribution in [0.3, 0.4) is 0 Å². The number of Topliss-reactive ketones (excluding diaryl/α,β-unsaturated/α-hetero) is 2. The lowest BCUT2D eigenvalue weighted by Crippen LogP contribution is -2.11. The second-order valence-electron chi connectivity index (χ2n) is 6.13. The Morgan fingerprint density at radius 3 is 2.27 bits per heavy atom. The molecule has 0 N–H and O–H groups in total. The van der Waals surface area contributed by atoms with Gasteiger partial charge >= 0.3 is 0 Å². The molecule has 1 aliphatic carbocycles. The second-order valence-corrected chi connectivity index (χ2v) is 6.54. The van der Waals surface area contributed by atoms with E-state index < -0.39 is 0 Å². The number of methoxy groups -OCH3 is 1. The zero-order valence-corrected chi connectivity index (χ0v) is 15.6. The summed E-state index contributed by atoms with van der Waals surface area (Å²) >= 11 is 6.36. The van der Waals surface area contributed by atoms with Crippen LogP contribution in [0.25, 0.3) is 6.08 Å². The Morgan fingerprint density at radius 2 is 1.73 bits per heavy atom. The molecular formula is C21H19ClO4. The Bertz CT molecular complexity index is 877. The van der Waals surface area contributed by atoms with Crippen molar-refractivity contribution in [3.05, 3.63) is 63.7 Å². The molecule has 2 aromatic rings. The zero-order chi connectivity index (χ0) is 18.8. The molecule has 0 radical (unpaired) electrons. The Labute approximate surface area is 157 Å². The first-order valence-corrected chi connectivity index (χ1v) is 8.78. The summed E-state index contributed by atoms with van der Waals surface area (Å²) < 4.78 is 11.2. The average molecular weight is 371 g/mol. The Balaban J connectivity index is 2.01. The van der Waals surface area contributed by atoms with Crippen LogP contribution in [0.15, 0.2) is 42.0 Å². The molecule has 0 aliphatic heterocycles. The fourth-order valence-corrected chi connectivity index (χ4v) is 3.06. The number of benzene rings is 2. The minimum atomic E-state index is -0.277. The molecule has 0 heterocycles. The lowest BCUT2D eigenvalue weighted by molar-refractivity contribution is 0.0990. The molecule has 0 fully saturated rings. The lowest BCUT2D eigenvalue weighted by Gasteiger charge is -2.17. The molecule has 2 aromatic carbocycles. The smallest absolute Gasteiger partial charge is 0.197 e. The Hall–Kier alpha value is -2.59. The predicted molar refractivity (Wildman–Crippen MR) is 101 cm³/mol. The van der Waals surface area contributed by atoms with Crippen LogP contribution in [0, 0.1) is 0 Å². The summed E-state index contributed by atoms with van der Waals surface area (Å²) in [6.45, 7) is 3.96. The number of hydrogen-bond acceptors (Lipinski definition) is 4. The first-order chi connectivity index (χ1) is 12.5. The number of rotatable bonds is 5. The summed E-state index contributed by atoms with van der Waals surface area (Å²) in [5.41, 5.74) is 1.59. The quantitative estimate of drug-likeness (QED) is 0.549. The molecule has 0 aromatic heterocycles. The van der Waals surface area contributed by atoms with Crippen molar-refractivity contribution in [3.8, 4) is 11.5 Å². The molecule has 0 saturated heterocycles. The van der Waals surface area contributed by atoms with E-state index in [2.05, 4.69) is 0 Å². The Morgan fingerprint density at radius 1 is 1.12 bits per heavy atom. The van der Waals surface area contributed by atoms with Crippen LogP contribution in [-0.4, -0.2) is 24.8 Å². The fourth-order valence-electron chi connectivity index (χ4n) is 2.79. The highest BCUT2D eigenvalue weighted by Crippen LogP contribution is 2.38. The first kappa shape index (κ1) is 18.2. The molecule has 0 unspecified atom stereocenters. The van der Waals surface area contributed by atoms with E-state index in [1.165, 1.54) is 7.11 Å². The summed E-state index contributed by atoms with van der Waals surface area (Å²) in [5.74, 6) is 0.360. The van der Waals surface area contributed by atoms with E-state index in [1.807, 2.05) is 13.8 Å². The zero-order valence-electron chi connectivity index (χ0n) is 14.8. The number of carbonyl (C=O) groups excluding carboxylic acids is 2. The highest BCUT2D eigenvalue weighted by molar-refractivity contribution is 6.41. The molecule has 3 rings (SSSR count). The van der Waals surface area contributed by atoms with E-state index in [1.54, 1.807) is 42.5 Å². The van der Waals surface area contributed by atoms with E-state index in [9.17, 15) is 9.59 Å². The van der Waals surface area contributed by atoms with Crippen molar-refractivity contribution in [1.82, 2.24) is 0 Å². The van der Waals surface area contributed by atoms with Crippen molar-refractivity contribution in [2.45, 2.75) is 26.4 Å². The number of allylic oxidation sites excluding steroid dienone is 1. The largest absolute Gasteiger partial charge is 0.493 e. The average Bonchev–Trinajstić information content (AvgIpc) is 2.88. The van der Waals surface area contributed by atoms with Crippen LogP contribution < -0.4 is 9.47 Å². The summed E-state index contributed by atoms with van der Waals surface area (Å²) in [4.78, 5) is 25.0. The predicted octanol–water partition coefficient (Wildman–Crippen LogP) is 4.99. The number of fused-ring (bicyclic) bond motifs is 1. The van der Waals surface area contributed by atoms with E-state index in [4.69, 9.17) is 21.1 Å². The van der Waals surface area contributed by atoms with E-state index >= 15 is 0 Å². The van der Waals surface area contributed by atoms with Crippen molar-refractivity contribution in [2.75, 3.05) is 7.11 Å². The van der Waals surface area contributed by atoms with Crippen molar-refractivity contribution in [3.63, 3.8) is 0 Å². The van der Waals surface area contributed by atoms with Crippen LogP contribution in [0.5, 0.6) is 11.5 Å². The van der Waals surface area contributed by atoms with E-state index in [0.717, 1.165) is 6.42 Å². The van der Waals surface area contributed by atoms with Crippen LogP contribution in [-0.2, 0) is 0 Å². The van der Waals surface area contributed by atoms with Gasteiger partial charge in [-0.2, -0.15) is 0 Å². The summed E-state index contributed by atoms with van der Waals surface area (Å²) in [6, 6.07) is 10.2. The van der Waals surface area contributed by atoms with Gasteiger partial charge in [0, 0.05) is 11.1 Å². The van der Waals surface area contributed by atoms with Crippen molar-refractivity contribution >= 4 is 29.2 Å². The van der Waals surface area contributed by atoms with Crippen LogP contribution in [0.4, 0.5) is 0 Å². The molecule has 5 heteroatoms. The second kappa shape index (κ2) is 7.34. The molecule has 0 amide bonds. The third-order valence-electron chi connectivity index (χ3n) is 4.36. The Kier molecular flexibility index (Phi) is 5.14. The van der Waals surface area contributed by atoms with Gasteiger partial charge in [-0.25, -0.2) is 0 Å². The molecule has 1 atom stereocenters. The SMILES string of the molecule is CC[C@H](C)Oc1c(Cl)cc(C=C2C(=O)c3ccccc3C2=O)cc1OC. The van der Waals surface area contributed by atoms with Gasteiger partial charge in [-0.15, -0.1) is 0 Å². The molecular weight excluding hydrogens is 352 g/mol. The van der Waals surface area contributed by atoms with Crippen molar-refractivity contribution in [1.29, 1.82) is 0 Å². The lowest BCUT2D eigenvalue weighted by atomic mass is 10.1. The van der Waals surface area contributed by atoms with Gasteiger partial charge in [0.2, 0.25) is 0 Å². The van der Waals surface area contributed by atoms with E-state index in [0.29, 0.717) is 33.2 Å². The molecule has 0 bridgehead atoms. The maximum Gasteiger partial charge on any atom is 0.197 e. The number of ketones is 2. The van der Waals surface area contributed by atoms with Crippen LogP contribution >= 0.6 is 11.6 Å². The third kappa shape index (κ3) is 3.25. The number of hydrogen-bond donors (Lipinski definition) is 0. The molecule has 4 nitrogen and oxygen atoms in total. The van der Waals surface area contributed by atoms with Gasteiger partial charge in [-0.3, -0.25) is 9.59 Å². The van der Waals surface area contributed by atoms with Gasteiger partial charge in [0.25, 0.3) is 0 Å². The summed E-state index contributed by atoms with van der Waals surface area (Å²) in [6.07, 6.45) is 2.36. The minimum Gasteiger partial charge on any atom is -0.493 e. The molecule has 0 saturated carbocycles. The van der Waals surface area contributed by atoms with Gasteiger partial charge in [0.05, 0.1) is 23.8 Å². The monoisotopic (exact) mass is 370 g/mol. The highest BCUT2D eigenvalue weighted by atomic mass is 35.5. The first-order valence-electron chi connectivity index (χ1n) is 8.40. The highest BCUT2D eigenvalue weighted by Gasteiger charge is 2.32. The van der Waals surface area contributed by atoms with E-state index in [-0.39, 0.29) is 23.2 Å².